The summed E-state index contributed by atoms with van der Waals surface area (Å²) in [5, 5.41) is 12.1. The molecule has 0 bridgehead atoms. The normalized spacial score (nSPS) is 19.0. The van der Waals surface area contributed by atoms with Crippen molar-refractivity contribution in [2.45, 2.75) is 32.7 Å². The molecule has 0 spiro atoms. The van der Waals surface area contributed by atoms with Gasteiger partial charge in [0, 0.05) is 18.7 Å². The Kier molecular flexibility index (Phi) is 5.84. The first-order chi connectivity index (χ1) is 11.0. The molecule has 1 aromatic carbocycles. The molecule has 2 unspecified atom stereocenters. The van der Waals surface area contributed by atoms with Crippen LogP contribution in [0.15, 0.2) is 24.3 Å². The number of likely N-dealkylation sites (tertiary alicyclic amines) is 1. The van der Waals surface area contributed by atoms with Crippen molar-refractivity contribution in [2.75, 3.05) is 19.7 Å². The van der Waals surface area contributed by atoms with Crippen LogP contribution in [-0.2, 0) is 4.79 Å². The van der Waals surface area contributed by atoms with Gasteiger partial charge in [-0.25, -0.2) is 4.79 Å². The first kappa shape index (κ1) is 17.1. The third kappa shape index (κ3) is 4.37. The monoisotopic (exact) mass is 320 g/mol. The number of rotatable bonds is 5. The average molecular weight is 320 g/mol. The minimum Gasteiger partial charge on any atom is -0.494 e. The Labute approximate surface area is 136 Å². The Morgan fingerprint density at radius 2 is 2.17 bits per heavy atom. The lowest BCUT2D eigenvalue weighted by molar-refractivity contribution is -0.143. The Bertz CT molecular complexity index is 561. The quantitative estimate of drug-likeness (QED) is 0.874. The molecule has 1 aliphatic heterocycles. The van der Waals surface area contributed by atoms with Gasteiger partial charge in [-0.3, -0.25) is 4.79 Å². The molecule has 0 radical (unpaired) electrons. The van der Waals surface area contributed by atoms with Crippen molar-refractivity contribution >= 4 is 12.0 Å². The molecule has 1 heterocycles. The van der Waals surface area contributed by atoms with Crippen LogP contribution < -0.4 is 10.1 Å². The molecule has 1 saturated heterocycles. The summed E-state index contributed by atoms with van der Waals surface area (Å²) in [7, 11) is 0. The first-order valence-electron chi connectivity index (χ1n) is 8.03. The highest BCUT2D eigenvalue weighted by Gasteiger charge is 2.28. The third-order valence-electron chi connectivity index (χ3n) is 4.08. The molecule has 0 aliphatic carbocycles. The van der Waals surface area contributed by atoms with Crippen molar-refractivity contribution in [1.82, 2.24) is 10.2 Å². The van der Waals surface area contributed by atoms with Gasteiger partial charge in [0.2, 0.25) is 0 Å². The number of nitrogens with one attached hydrogen (secondary N) is 1. The second-order valence-corrected chi connectivity index (χ2v) is 5.77. The lowest BCUT2D eigenvalue weighted by atomic mass is 9.98. The summed E-state index contributed by atoms with van der Waals surface area (Å²) in [6, 6.07) is 7.16. The molecular weight excluding hydrogens is 296 g/mol. The van der Waals surface area contributed by atoms with E-state index in [1.165, 1.54) is 0 Å². The number of aliphatic carboxylic acids is 1. The van der Waals surface area contributed by atoms with Gasteiger partial charge in [-0.05, 0) is 32.8 Å². The van der Waals surface area contributed by atoms with Crippen molar-refractivity contribution in [3.05, 3.63) is 29.8 Å². The second kappa shape index (κ2) is 7.85. The zero-order valence-corrected chi connectivity index (χ0v) is 13.6. The number of carbonyl (C=O) groups is 2. The van der Waals surface area contributed by atoms with Gasteiger partial charge in [0.05, 0.1) is 18.6 Å². The van der Waals surface area contributed by atoms with E-state index in [2.05, 4.69) is 5.32 Å². The van der Waals surface area contributed by atoms with Crippen LogP contribution in [0.4, 0.5) is 4.79 Å². The third-order valence-corrected chi connectivity index (χ3v) is 4.08. The molecule has 6 nitrogen and oxygen atoms in total. The van der Waals surface area contributed by atoms with Gasteiger partial charge in [0.15, 0.2) is 0 Å². The largest absolute Gasteiger partial charge is 0.494 e. The molecule has 6 heteroatoms. The smallest absolute Gasteiger partial charge is 0.317 e. The number of carbonyl (C=O) groups excluding carboxylic acids is 1. The summed E-state index contributed by atoms with van der Waals surface area (Å²) in [5.74, 6) is -0.553. The van der Waals surface area contributed by atoms with Crippen molar-refractivity contribution in [3.63, 3.8) is 0 Å². The maximum absolute atomic E-state index is 12.4. The predicted molar refractivity (Wildman–Crippen MR) is 86.5 cm³/mol. The Morgan fingerprint density at radius 1 is 1.43 bits per heavy atom. The number of amides is 2. The van der Waals surface area contributed by atoms with Crippen molar-refractivity contribution in [2.24, 2.45) is 5.92 Å². The summed E-state index contributed by atoms with van der Waals surface area (Å²) >= 11 is 0. The average Bonchev–Trinajstić information content (AvgIpc) is 2.55. The van der Waals surface area contributed by atoms with Gasteiger partial charge < -0.3 is 20.1 Å². The van der Waals surface area contributed by atoms with Crippen molar-refractivity contribution in [3.8, 4) is 5.75 Å². The standard InChI is InChI=1S/C17H24N2O4/c1-3-23-15-9-5-4-8-14(15)12(2)18-17(22)19-10-6-7-13(11-19)16(20)21/h4-5,8-9,12-13H,3,6-7,10-11H2,1-2H3,(H,18,22)(H,20,21). The lowest BCUT2D eigenvalue weighted by Gasteiger charge is -2.32. The van der Waals surface area contributed by atoms with Crippen LogP contribution >= 0.6 is 0 Å². The molecular formula is C17H24N2O4. The van der Waals surface area contributed by atoms with Gasteiger partial charge in [-0.1, -0.05) is 18.2 Å². The van der Waals surface area contributed by atoms with E-state index in [1.807, 2.05) is 38.1 Å². The summed E-state index contributed by atoms with van der Waals surface area (Å²) in [5.41, 5.74) is 0.912. The van der Waals surface area contributed by atoms with Gasteiger partial charge in [0.25, 0.3) is 0 Å². The molecule has 0 saturated carbocycles. The maximum Gasteiger partial charge on any atom is 0.317 e. The molecule has 2 atom stereocenters. The predicted octanol–water partition coefficient (Wildman–Crippen LogP) is 2.65. The fourth-order valence-electron chi connectivity index (χ4n) is 2.84. The van der Waals surface area contributed by atoms with E-state index in [0.717, 1.165) is 11.3 Å². The van der Waals surface area contributed by atoms with Crippen LogP contribution in [0.5, 0.6) is 5.75 Å². The highest BCUT2D eigenvalue weighted by molar-refractivity contribution is 5.77. The SMILES string of the molecule is CCOc1ccccc1C(C)NC(=O)N1CCCC(C(=O)O)C1. The van der Waals surface area contributed by atoms with Gasteiger partial charge in [-0.15, -0.1) is 0 Å². The molecule has 2 rings (SSSR count). The molecule has 1 fully saturated rings. The molecule has 1 aromatic rings. The van der Waals surface area contributed by atoms with Crippen LogP contribution in [-0.4, -0.2) is 41.7 Å². The van der Waals surface area contributed by atoms with E-state index in [-0.39, 0.29) is 18.6 Å². The number of carboxylic acids is 1. The summed E-state index contributed by atoms with van der Waals surface area (Å²) in [4.78, 5) is 25.1. The lowest BCUT2D eigenvalue weighted by Crippen LogP contribution is -2.47. The number of para-hydroxylation sites is 1. The molecule has 1 aliphatic rings. The number of piperidine rings is 1. The number of hydrogen-bond donors (Lipinski definition) is 2. The van der Waals surface area contributed by atoms with E-state index < -0.39 is 11.9 Å². The second-order valence-electron chi connectivity index (χ2n) is 5.77. The van der Waals surface area contributed by atoms with Crippen LogP contribution in [0.25, 0.3) is 0 Å². The van der Waals surface area contributed by atoms with Crippen LogP contribution in [0.1, 0.15) is 38.3 Å². The summed E-state index contributed by atoms with van der Waals surface area (Å²) < 4.78 is 5.59. The van der Waals surface area contributed by atoms with Gasteiger partial charge in [-0.2, -0.15) is 0 Å². The summed E-state index contributed by atoms with van der Waals surface area (Å²) in [6.07, 6.45) is 1.34. The zero-order valence-electron chi connectivity index (χ0n) is 13.6. The molecule has 2 amide bonds. The van der Waals surface area contributed by atoms with Crippen LogP contribution in [0.3, 0.4) is 0 Å². The number of nitrogens with zero attached hydrogens (tertiary/aromatic N) is 1. The highest BCUT2D eigenvalue weighted by atomic mass is 16.5. The number of ether oxygens (including phenoxy) is 1. The van der Waals surface area contributed by atoms with Crippen LogP contribution in [0.2, 0.25) is 0 Å². The number of carboxylic acid groups (broad SMARTS) is 1. The Hall–Kier alpha value is -2.24. The zero-order chi connectivity index (χ0) is 16.8. The maximum atomic E-state index is 12.4. The fraction of sp³-hybridized carbons (Fsp3) is 0.529. The minimum atomic E-state index is -0.836. The molecule has 2 N–H and O–H groups in total. The number of hydrogen-bond acceptors (Lipinski definition) is 3. The molecule has 0 aromatic heterocycles. The Balaban J connectivity index is 2.01. The molecule has 23 heavy (non-hydrogen) atoms. The van der Waals surface area contributed by atoms with Crippen molar-refractivity contribution in [1.29, 1.82) is 0 Å². The van der Waals surface area contributed by atoms with Gasteiger partial charge >= 0.3 is 12.0 Å². The Morgan fingerprint density at radius 3 is 2.87 bits per heavy atom. The number of benzene rings is 1. The van der Waals surface area contributed by atoms with E-state index in [1.54, 1.807) is 4.90 Å². The van der Waals surface area contributed by atoms with E-state index >= 15 is 0 Å². The molecule has 126 valence electrons. The highest BCUT2D eigenvalue weighted by Crippen LogP contribution is 2.25. The van der Waals surface area contributed by atoms with Crippen molar-refractivity contribution < 1.29 is 19.4 Å². The van der Waals surface area contributed by atoms with E-state index in [4.69, 9.17) is 9.84 Å². The minimum absolute atomic E-state index is 0.213. The topological polar surface area (TPSA) is 78.9 Å². The fourth-order valence-corrected chi connectivity index (χ4v) is 2.84. The number of urea groups is 1. The van der Waals surface area contributed by atoms with E-state index in [0.29, 0.717) is 26.0 Å². The van der Waals surface area contributed by atoms with Crippen LogP contribution in [0, 0.1) is 5.92 Å². The van der Waals surface area contributed by atoms with Gasteiger partial charge in [0.1, 0.15) is 5.75 Å². The van der Waals surface area contributed by atoms with E-state index in [9.17, 15) is 9.59 Å². The summed E-state index contributed by atoms with van der Waals surface area (Å²) in [6.45, 7) is 5.23. The first-order valence-corrected chi connectivity index (χ1v) is 8.03.